The number of piperidine rings is 1. The Labute approximate surface area is 125 Å². The zero-order valence-corrected chi connectivity index (χ0v) is 13.2. The maximum atomic E-state index is 13.2. The van der Waals surface area contributed by atoms with Gasteiger partial charge in [0.25, 0.3) is 0 Å². The third-order valence-corrected chi connectivity index (χ3v) is 6.83. The van der Waals surface area contributed by atoms with Crippen LogP contribution in [0.4, 0.5) is 4.39 Å². The third kappa shape index (κ3) is 2.29. The molecule has 2 unspecified atom stereocenters. The molecule has 1 N–H and O–H groups in total. The molecule has 0 radical (unpaired) electrons. The van der Waals surface area contributed by atoms with Crippen molar-refractivity contribution < 1.29 is 4.39 Å². The minimum Gasteiger partial charge on any atom is -0.316 e. The van der Waals surface area contributed by atoms with E-state index in [1.165, 1.54) is 29.9 Å². The molecule has 3 rings (SSSR count). The van der Waals surface area contributed by atoms with Crippen LogP contribution < -0.4 is 5.32 Å². The lowest BCUT2D eigenvalue weighted by molar-refractivity contribution is 0.0254. The van der Waals surface area contributed by atoms with Crippen LogP contribution in [0.2, 0.25) is 0 Å². The fourth-order valence-corrected chi connectivity index (χ4v) is 5.97. The zero-order valence-electron chi connectivity index (χ0n) is 12.4. The highest BCUT2D eigenvalue weighted by Gasteiger charge is 2.52. The van der Waals surface area contributed by atoms with Gasteiger partial charge in [-0.2, -0.15) is 11.8 Å². The molecule has 110 valence electrons. The van der Waals surface area contributed by atoms with E-state index in [1.807, 2.05) is 12.1 Å². The molecule has 2 aliphatic heterocycles. The maximum absolute atomic E-state index is 13.2. The first-order valence-corrected chi connectivity index (χ1v) is 8.75. The Bertz CT molecular complexity index is 464. The van der Waals surface area contributed by atoms with Gasteiger partial charge in [-0.3, -0.25) is 0 Å². The average Bonchev–Trinajstić information content (AvgIpc) is 2.44. The van der Waals surface area contributed by atoms with Crippen LogP contribution in [0.1, 0.15) is 38.2 Å². The topological polar surface area (TPSA) is 12.0 Å². The van der Waals surface area contributed by atoms with Crippen molar-refractivity contribution in [3.05, 3.63) is 35.6 Å². The van der Waals surface area contributed by atoms with Crippen molar-refractivity contribution in [3.8, 4) is 0 Å². The number of halogens is 1. The molecule has 2 aliphatic rings. The Morgan fingerprint density at radius 2 is 1.95 bits per heavy atom. The van der Waals surface area contributed by atoms with Gasteiger partial charge in [0.05, 0.1) is 0 Å². The number of benzene rings is 1. The number of hydrogen-bond acceptors (Lipinski definition) is 2. The van der Waals surface area contributed by atoms with Crippen LogP contribution in [-0.4, -0.2) is 24.6 Å². The molecule has 3 heteroatoms. The van der Waals surface area contributed by atoms with Crippen molar-refractivity contribution in [1.82, 2.24) is 5.32 Å². The summed E-state index contributed by atoms with van der Waals surface area (Å²) in [6, 6.07) is 7.20. The first-order valence-electron chi connectivity index (χ1n) is 7.59. The third-order valence-electron chi connectivity index (χ3n) is 5.61. The molecule has 0 saturated carbocycles. The molecule has 0 aliphatic carbocycles. The van der Waals surface area contributed by atoms with Crippen molar-refractivity contribution in [3.63, 3.8) is 0 Å². The Hall–Kier alpha value is -0.540. The highest BCUT2D eigenvalue weighted by Crippen LogP contribution is 2.58. The van der Waals surface area contributed by atoms with E-state index in [1.54, 1.807) is 12.1 Å². The van der Waals surface area contributed by atoms with E-state index in [2.05, 4.69) is 30.9 Å². The molecule has 20 heavy (non-hydrogen) atoms. The normalized spacial score (nSPS) is 33.2. The van der Waals surface area contributed by atoms with Crippen molar-refractivity contribution >= 4 is 11.8 Å². The molecule has 2 saturated heterocycles. The van der Waals surface area contributed by atoms with Gasteiger partial charge in [-0.25, -0.2) is 4.39 Å². The lowest BCUT2D eigenvalue weighted by atomic mass is 9.54. The monoisotopic (exact) mass is 293 g/mol. The van der Waals surface area contributed by atoms with Crippen LogP contribution in [-0.2, 0) is 0 Å². The lowest BCUT2D eigenvalue weighted by Crippen LogP contribution is -2.54. The van der Waals surface area contributed by atoms with Gasteiger partial charge < -0.3 is 5.32 Å². The number of hydrogen-bond donors (Lipinski definition) is 1. The minimum absolute atomic E-state index is 0.135. The highest BCUT2D eigenvalue weighted by atomic mass is 32.2. The Morgan fingerprint density at radius 1 is 1.20 bits per heavy atom. The van der Waals surface area contributed by atoms with Gasteiger partial charge in [0.2, 0.25) is 0 Å². The van der Waals surface area contributed by atoms with Gasteiger partial charge in [-0.15, -0.1) is 0 Å². The maximum Gasteiger partial charge on any atom is 0.123 e. The second-order valence-electron chi connectivity index (χ2n) is 6.90. The van der Waals surface area contributed by atoms with E-state index in [-0.39, 0.29) is 5.82 Å². The van der Waals surface area contributed by atoms with Crippen molar-refractivity contribution in [1.29, 1.82) is 0 Å². The van der Waals surface area contributed by atoms with Gasteiger partial charge in [0, 0.05) is 18.2 Å². The quantitative estimate of drug-likeness (QED) is 0.838. The standard InChI is InChI=1S/C17H24FNS/c1-16(2)8-10-20-12-17(16)7-9-19-11-15(17)13-3-5-14(18)6-4-13/h3-6,15,19H,7-12H2,1-2H3. The predicted molar refractivity (Wildman–Crippen MR) is 84.8 cm³/mol. The SMILES string of the molecule is CC1(C)CCSCC12CCNCC2c1ccc(F)cc1. The molecule has 2 fully saturated rings. The van der Waals surface area contributed by atoms with E-state index >= 15 is 0 Å². The smallest absolute Gasteiger partial charge is 0.123 e. The summed E-state index contributed by atoms with van der Waals surface area (Å²) in [5, 5.41) is 3.55. The summed E-state index contributed by atoms with van der Waals surface area (Å²) < 4.78 is 13.2. The van der Waals surface area contributed by atoms with E-state index in [4.69, 9.17) is 0 Å². The molecule has 1 nitrogen and oxygen atoms in total. The van der Waals surface area contributed by atoms with Crippen LogP contribution in [0, 0.1) is 16.6 Å². The summed E-state index contributed by atoms with van der Waals surface area (Å²) in [4.78, 5) is 0. The number of thioether (sulfide) groups is 1. The summed E-state index contributed by atoms with van der Waals surface area (Å²) in [5.41, 5.74) is 2.01. The second kappa shape index (κ2) is 5.34. The molecule has 0 bridgehead atoms. The molecule has 1 aromatic carbocycles. The lowest BCUT2D eigenvalue weighted by Gasteiger charge is -2.57. The Kier molecular flexibility index (Phi) is 3.85. The molecular formula is C17H24FNS. The number of rotatable bonds is 1. The Balaban J connectivity index is 2.00. The van der Waals surface area contributed by atoms with Crippen LogP contribution in [0.3, 0.4) is 0 Å². The van der Waals surface area contributed by atoms with E-state index in [0.717, 1.165) is 13.1 Å². The molecule has 1 aromatic rings. The summed E-state index contributed by atoms with van der Waals surface area (Å²) in [6.45, 7) is 7.01. The molecule has 0 amide bonds. The molecule has 2 heterocycles. The van der Waals surface area contributed by atoms with Crippen molar-refractivity contribution in [2.24, 2.45) is 10.8 Å². The van der Waals surface area contributed by atoms with Crippen molar-refractivity contribution in [2.45, 2.75) is 32.6 Å². The van der Waals surface area contributed by atoms with Gasteiger partial charge in [0.15, 0.2) is 0 Å². The van der Waals surface area contributed by atoms with Crippen LogP contribution in [0.5, 0.6) is 0 Å². The van der Waals surface area contributed by atoms with Crippen LogP contribution in [0.25, 0.3) is 0 Å². The number of nitrogens with one attached hydrogen (secondary N) is 1. The fourth-order valence-electron chi connectivity index (χ4n) is 4.07. The predicted octanol–water partition coefficient (Wildman–Crippen LogP) is 4.05. The van der Waals surface area contributed by atoms with E-state index < -0.39 is 0 Å². The minimum atomic E-state index is -0.135. The van der Waals surface area contributed by atoms with Gasteiger partial charge in [-0.05, 0) is 53.7 Å². The summed E-state index contributed by atoms with van der Waals surface area (Å²) in [6.07, 6.45) is 2.52. The largest absolute Gasteiger partial charge is 0.316 e. The average molecular weight is 293 g/mol. The van der Waals surface area contributed by atoms with E-state index in [0.29, 0.717) is 16.7 Å². The van der Waals surface area contributed by atoms with E-state index in [9.17, 15) is 4.39 Å². The summed E-state index contributed by atoms with van der Waals surface area (Å²) in [7, 11) is 0. The molecular weight excluding hydrogens is 269 g/mol. The first-order chi connectivity index (χ1) is 9.55. The van der Waals surface area contributed by atoms with Gasteiger partial charge >= 0.3 is 0 Å². The molecule has 0 aromatic heterocycles. The fraction of sp³-hybridized carbons (Fsp3) is 0.647. The zero-order chi connectivity index (χ0) is 14.2. The van der Waals surface area contributed by atoms with Gasteiger partial charge in [-0.1, -0.05) is 26.0 Å². The summed E-state index contributed by atoms with van der Waals surface area (Å²) in [5.74, 6) is 2.88. The highest BCUT2D eigenvalue weighted by molar-refractivity contribution is 7.99. The molecule has 1 spiro atoms. The van der Waals surface area contributed by atoms with Gasteiger partial charge in [0.1, 0.15) is 5.82 Å². The van der Waals surface area contributed by atoms with Crippen LogP contribution >= 0.6 is 11.8 Å². The molecule has 2 atom stereocenters. The Morgan fingerprint density at radius 3 is 2.65 bits per heavy atom. The second-order valence-corrected chi connectivity index (χ2v) is 8.01. The summed E-state index contributed by atoms with van der Waals surface area (Å²) >= 11 is 2.10. The van der Waals surface area contributed by atoms with Crippen molar-refractivity contribution in [2.75, 3.05) is 24.6 Å². The first kappa shape index (κ1) is 14.4. The van der Waals surface area contributed by atoms with Crippen LogP contribution in [0.15, 0.2) is 24.3 Å².